The highest BCUT2D eigenvalue weighted by Crippen LogP contribution is 2.24. The molecule has 1 aliphatic rings. The lowest BCUT2D eigenvalue weighted by atomic mass is 10.1. The number of rotatable bonds is 7. The number of benzene rings is 1. The SMILES string of the molecule is CCNCc1cc(F)c(N(C)CCN2CCCC2)c(F)c1. The largest absolute Gasteiger partial charge is 0.369 e. The van der Waals surface area contributed by atoms with Crippen molar-refractivity contribution in [3.05, 3.63) is 29.3 Å². The van der Waals surface area contributed by atoms with Gasteiger partial charge in [-0.25, -0.2) is 8.78 Å². The van der Waals surface area contributed by atoms with E-state index in [2.05, 4.69) is 10.2 Å². The molecule has 1 heterocycles. The van der Waals surface area contributed by atoms with Crippen LogP contribution in [0.25, 0.3) is 0 Å². The molecule has 5 heteroatoms. The maximum Gasteiger partial charge on any atom is 0.149 e. The van der Waals surface area contributed by atoms with Crippen LogP contribution in [0.4, 0.5) is 14.5 Å². The highest BCUT2D eigenvalue weighted by Gasteiger charge is 2.17. The van der Waals surface area contributed by atoms with Gasteiger partial charge in [0.05, 0.1) is 0 Å². The molecule has 0 saturated carbocycles. The van der Waals surface area contributed by atoms with Gasteiger partial charge in [0, 0.05) is 26.7 Å². The fraction of sp³-hybridized carbons (Fsp3) is 0.625. The lowest BCUT2D eigenvalue weighted by Crippen LogP contribution is -2.32. The third-order valence-electron chi connectivity index (χ3n) is 3.99. The average Bonchev–Trinajstić information content (AvgIpc) is 2.95. The van der Waals surface area contributed by atoms with Gasteiger partial charge in [0.15, 0.2) is 0 Å². The molecule has 1 saturated heterocycles. The molecule has 0 spiro atoms. The summed E-state index contributed by atoms with van der Waals surface area (Å²) < 4.78 is 28.3. The summed E-state index contributed by atoms with van der Waals surface area (Å²) >= 11 is 0. The molecule has 1 aromatic carbocycles. The molecule has 1 aliphatic heterocycles. The van der Waals surface area contributed by atoms with E-state index in [0.717, 1.165) is 26.2 Å². The van der Waals surface area contributed by atoms with E-state index in [1.54, 1.807) is 11.9 Å². The molecule has 1 fully saturated rings. The first-order chi connectivity index (χ1) is 10.1. The van der Waals surface area contributed by atoms with E-state index in [1.807, 2.05) is 6.92 Å². The van der Waals surface area contributed by atoms with Gasteiger partial charge in [-0.3, -0.25) is 0 Å². The monoisotopic (exact) mass is 297 g/mol. The quantitative estimate of drug-likeness (QED) is 0.834. The minimum absolute atomic E-state index is 0.0782. The summed E-state index contributed by atoms with van der Waals surface area (Å²) in [5.74, 6) is -0.960. The van der Waals surface area contributed by atoms with Crippen LogP contribution in [-0.2, 0) is 6.54 Å². The number of anilines is 1. The smallest absolute Gasteiger partial charge is 0.149 e. The number of nitrogens with one attached hydrogen (secondary N) is 1. The Morgan fingerprint density at radius 2 is 1.81 bits per heavy atom. The van der Waals surface area contributed by atoms with Gasteiger partial charge in [0.25, 0.3) is 0 Å². The summed E-state index contributed by atoms with van der Waals surface area (Å²) in [5.41, 5.74) is 0.720. The molecule has 0 atom stereocenters. The van der Waals surface area contributed by atoms with Crippen LogP contribution >= 0.6 is 0 Å². The Hall–Kier alpha value is -1.20. The third-order valence-corrected chi connectivity index (χ3v) is 3.99. The van der Waals surface area contributed by atoms with Crippen LogP contribution in [0.2, 0.25) is 0 Å². The standard InChI is InChI=1S/C16H25F2N3/c1-3-19-12-13-10-14(17)16(15(18)11-13)20(2)8-9-21-6-4-5-7-21/h10-11,19H,3-9,12H2,1-2H3. The van der Waals surface area contributed by atoms with Crippen molar-refractivity contribution in [2.24, 2.45) is 0 Å². The highest BCUT2D eigenvalue weighted by atomic mass is 19.1. The predicted molar refractivity (Wildman–Crippen MR) is 82.7 cm³/mol. The lowest BCUT2D eigenvalue weighted by Gasteiger charge is -2.24. The molecule has 0 aromatic heterocycles. The van der Waals surface area contributed by atoms with Gasteiger partial charge in [0.1, 0.15) is 17.3 Å². The van der Waals surface area contributed by atoms with Crippen LogP contribution in [0.15, 0.2) is 12.1 Å². The van der Waals surface area contributed by atoms with Gasteiger partial charge >= 0.3 is 0 Å². The highest BCUT2D eigenvalue weighted by molar-refractivity contribution is 5.50. The third kappa shape index (κ3) is 4.38. The van der Waals surface area contributed by atoms with Crippen molar-refractivity contribution in [1.29, 1.82) is 0 Å². The topological polar surface area (TPSA) is 18.5 Å². The Morgan fingerprint density at radius 1 is 1.19 bits per heavy atom. The Balaban J connectivity index is 2.00. The van der Waals surface area contributed by atoms with Gasteiger partial charge in [-0.15, -0.1) is 0 Å². The van der Waals surface area contributed by atoms with Crippen molar-refractivity contribution in [1.82, 2.24) is 10.2 Å². The fourth-order valence-corrected chi connectivity index (χ4v) is 2.76. The molecule has 0 unspecified atom stereocenters. The zero-order valence-corrected chi connectivity index (χ0v) is 13.0. The van der Waals surface area contributed by atoms with E-state index in [-0.39, 0.29) is 5.69 Å². The minimum atomic E-state index is -0.480. The molecule has 118 valence electrons. The van der Waals surface area contributed by atoms with Crippen LogP contribution in [0.5, 0.6) is 0 Å². The van der Waals surface area contributed by atoms with Gasteiger partial charge in [-0.05, 0) is 50.2 Å². The summed E-state index contributed by atoms with van der Waals surface area (Å²) in [6, 6.07) is 2.85. The molecular weight excluding hydrogens is 272 g/mol. The van der Waals surface area contributed by atoms with E-state index in [1.165, 1.54) is 25.0 Å². The first-order valence-corrected chi connectivity index (χ1v) is 7.74. The zero-order chi connectivity index (χ0) is 15.2. The van der Waals surface area contributed by atoms with Crippen molar-refractivity contribution in [3.8, 4) is 0 Å². The van der Waals surface area contributed by atoms with Crippen LogP contribution in [0.3, 0.4) is 0 Å². The second-order valence-corrected chi connectivity index (χ2v) is 5.66. The summed E-state index contributed by atoms with van der Waals surface area (Å²) in [5, 5.41) is 3.08. The van der Waals surface area contributed by atoms with E-state index in [0.29, 0.717) is 18.7 Å². The second-order valence-electron chi connectivity index (χ2n) is 5.66. The van der Waals surface area contributed by atoms with Crippen LogP contribution in [-0.4, -0.2) is 44.7 Å². The van der Waals surface area contributed by atoms with Gasteiger partial charge in [0.2, 0.25) is 0 Å². The van der Waals surface area contributed by atoms with E-state index in [4.69, 9.17) is 0 Å². The van der Waals surface area contributed by atoms with Crippen LogP contribution in [0, 0.1) is 11.6 Å². The zero-order valence-electron chi connectivity index (χ0n) is 13.0. The predicted octanol–water partition coefficient (Wildman–Crippen LogP) is 2.61. The first-order valence-electron chi connectivity index (χ1n) is 7.74. The number of likely N-dealkylation sites (tertiary alicyclic amines) is 1. The summed E-state index contributed by atoms with van der Waals surface area (Å²) in [7, 11) is 1.75. The molecule has 3 nitrogen and oxygen atoms in total. The Bertz CT molecular complexity index is 436. The fourth-order valence-electron chi connectivity index (χ4n) is 2.76. The molecule has 1 aromatic rings. The summed E-state index contributed by atoms with van der Waals surface area (Å²) in [6.45, 7) is 6.92. The van der Waals surface area contributed by atoms with Crippen molar-refractivity contribution >= 4 is 5.69 Å². The number of hydrogen-bond donors (Lipinski definition) is 1. The normalized spacial score (nSPS) is 15.6. The van der Waals surface area contributed by atoms with Crippen LogP contribution in [0.1, 0.15) is 25.3 Å². The van der Waals surface area contributed by atoms with Crippen molar-refractivity contribution in [2.45, 2.75) is 26.3 Å². The molecular formula is C16H25F2N3. The molecule has 1 N–H and O–H groups in total. The van der Waals surface area contributed by atoms with Crippen molar-refractivity contribution in [2.75, 3.05) is 44.7 Å². The summed E-state index contributed by atoms with van der Waals surface area (Å²) in [4.78, 5) is 4.02. The molecule has 2 rings (SSSR count). The lowest BCUT2D eigenvalue weighted by molar-refractivity contribution is 0.346. The minimum Gasteiger partial charge on any atom is -0.369 e. The first kappa shape index (κ1) is 16.2. The molecule has 0 radical (unpaired) electrons. The molecule has 0 aliphatic carbocycles. The van der Waals surface area contributed by atoms with Crippen molar-refractivity contribution < 1.29 is 8.78 Å². The second kappa shape index (κ2) is 7.71. The maximum absolute atomic E-state index is 14.2. The van der Waals surface area contributed by atoms with E-state index < -0.39 is 11.6 Å². The van der Waals surface area contributed by atoms with Gasteiger partial charge < -0.3 is 15.1 Å². The van der Waals surface area contributed by atoms with Crippen molar-refractivity contribution in [3.63, 3.8) is 0 Å². The average molecular weight is 297 g/mol. The van der Waals surface area contributed by atoms with Gasteiger partial charge in [-0.2, -0.15) is 0 Å². The number of halogens is 2. The van der Waals surface area contributed by atoms with Crippen LogP contribution < -0.4 is 10.2 Å². The Morgan fingerprint density at radius 3 is 2.38 bits per heavy atom. The van der Waals surface area contributed by atoms with E-state index >= 15 is 0 Å². The number of hydrogen-bond acceptors (Lipinski definition) is 3. The number of likely N-dealkylation sites (N-methyl/N-ethyl adjacent to an activating group) is 1. The molecule has 0 bridgehead atoms. The number of nitrogens with zero attached hydrogens (tertiary/aromatic N) is 2. The van der Waals surface area contributed by atoms with Gasteiger partial charge in [-0.1, -0.05) is 6.92 Å². The molecule has 0 amide bonds. The Kier molecular flexibility index (Phi) is 5.94. The Labute approximate surface area is 125 Å². The maximum atomic E-state index is 14.2. The molecule has 21 heavy (non-hydrogen) atoms. The summed E-state index contributed by atoms with van der Waals surface area (Å²) in [6.07, 6.45) is 2.46. The van der Waals surface area contributed by atoms with E-state index in [9.17, 15) is 8.78 Å².